The van der Waals surface area contributed by atoms with Crippen molar-refractivity contribution >= 4 is 12.6 Å². The van der Waals surface area contributed by atoms with Crippen LogP contribution >= 0.6 is 0 Å². The second-order valence-corrected chi connectivity index (χ2v) is 4.88. The summed E-state index contributed by atoms with van der Waals surface area (Å²) in [4.78, 5) is 2.08. The highest BCUT2D eigenvalue weighted by Gasteiger charge is 2.19. The van der Waals surface area contributed by atoms with Gasteiger partial charge in [-0.3, -0.25) is 4.90 Å². The number of fused-ring (bicyclic) bond motifs is 1. The van der Waals surface area contributed by atoms with Crippen LogP contribution in [0.15, 0.2) is 24.5 Å². The van der Waals surface area contributed by atoms with Gasteiger partial charge in [0.25, 0.3) is 0 Å². The molecule has 20 heavy (non-hydrogen) atoms. The number of nitrogens with zero attached hydrogens (tertiary/aromatic N) is 4. The molecule has 6 nitrogen and oxygen atoms in total. The Bertz CT molecular complexity index is 619. The SMILES string of the molecule is OB(O)c1ccc(CN2CCn3cnnc3C2)c(F)c1. The fourth-order valence-corrected chi connectivity index (χ4v) is 2.34. The first-order valence-electron chi connectivity index (χ1n) is 6.37. The van der Waals surface area contributed by atoms with Crippen LogP contribution in [0.1, 0.15) is 11.4 Å². The van der Waals surface area contributed by atoms with Gasteiger partial charge in [-0.15, -0.1) is 10.2 Å². The molecule has 0 aliphatic carbocycles. The molecule has 0 fully saturated rings. The van der Waals surface area contributed by atoms with Crippen molar-refractivity contribution in [1.82, 2.24) is 19.7 Å². The molecule has 1 aliphatic rings. The van der Waals surface area contributed by atoms with E-state index >= 15 is 0 Å². The Kier molecular flexibility index (Phi) is 3.52. The van der Waals surface area contributed by atoms with Crippen molar-refractivity contribution in [3.63, 3.8) is 0 Å². The second-order valence-electron chi connectivity index (χ2n) is 4.88. The lowest BCUT2D eigenvalue weighted by molar-refractivity contribution is 0.206. The van der Waals surface area contributed by atoms with Gasteiger partial charge in [0, 0.05) is 25.2 Å². The van der Waals surface area contributed by atoms with E-state index in [9.17, 15) is 4.39 Å². The van der Waals surface area contributed by atoms with Gasteiger partial charge in [0.15, 0.2) is 0 Å². The van der Waals surface area contributed by atoms with Crippen LogP contribution in [0, 0.1) is 5.82 Å². The highest BCUT2D eigenvalue weighted by Crippen LogP contribution is 2.14. The van der Waals surface area contributed by atoms with E-state index in [0.717, 1.165) is 25.0 Å². The molecule has 2 N–H and O–H groups in total. The minimum atomic E-state index is -1.65. The van der Waals surface area contributed by atoms with E-state index in [2.05, 4.69) is 15.1 Å². The van der Waals surface area contributed by atoms with Crippen LogP contribution in [0.5, 0.6) is 0 Å². The zero-order chi connectivity index (χ0) is 14.1. The maximum atomic E-state index is 13.9. The Morgan fingerprint density at radius 3 is 2.90 bits per heavy atom. The fraction of sp³-hybridized carbons (Fsp3) is 0.333. The van der Waals surface area contributed by atoms with Crippen molar-refractivity contribution < 1.29 is 14.4 Å². The normalized spacial score (nSPS) is 15.2. The van der Waals surface area contributed by atoms with Crippen LogP contribution in [0.3, 0.4) is 0 Å². The Morgan fingerprint density at radius 1 is 1.30 bits per heavy atom. The van der Waals surface area contributed by atoms with E-state index in [4.69, 9.17) is 10.0 Å². The number of rotatable bonds is 3. The third-order valence-electron chi connectivity index (χ3n) is 3.49. The first kappa shape index (κ1) is 13.2. The van der Waals surface area contributed by atoms with Crippen LogP contribution < -0.4 is 5.46 Å². The molecule has 1 aliphatic heterocycles. The summed E-state index contributed by atoms with van der Waals surface area (Å²) in [6.07, 6.45) is 1.70. The third kappa shape index (κ3) is 2.58. The topological polar surface area (TPSA) is 74.4 Å². The van der Waals surface area contributed by atoms with Crippen LogP contribution in [0.2, 0.25) is 0 Å². The molecule has 2 aromatic rings. The molecule has 1 aromatic carbocycles. The summed E-state index contributed by atoms with van der Waals surface area (Å²) < 4.78 is 15.9. The van der Waals surface area contributed by atoms with E-state index in [0.29, 0.717) is 18.7 Å². The van der Waals surface area contributed by atoms with Crippen molar-refractivity contribution in [1.29, 1.82) is 0 Å². The molecular formula is C12H14BFN4O2. The third-order valence-corrected chi connectivity index (χ3v) is 3.49. The van der Waals surface area contributed by atoms with Gasteiger partial charge in [0.05, 0.1) is 6.54 Å². The monoisotopic (exact) mass is 276 g/mol. The highest BCUT2D eigenvalue weighted by molar-refractivity contribution is 6.58. The molecule has 1 aromatic heterocycles. The van der Waals surface area contributed by atoms with Crippen molar-refractivity contribution in [3.8, 4) is 0 Å². The minimum absolute atomic E-state index is 0.157. The average molecular weight is 276 g/mol. The van der Waals surface area contributed by atoms with Crippen LogP contribution in [0.4, 0.5) is 4.39 Å². The van der Waals surface area contributed by atoms with Gasteiger partial charge in [-0.25, -0.2) is 4.39 Å². The number of hydrogen-bond acceptors (Lipinski definition) is 5. The molecule has 3 rings (SSSR count). The zero-order valence-corrected chi connectivity index (χ0v) is 10.8. The first-order chi connectivity index (χ1) is 9.63. The predicted octanol–water partition coefficient (Wildman–Crippen LogP) is -0.887. The summed E-state index contributed by atoms with van der Waals surface area (Å²) in [5.41, 5.74) is 0.687. The molecule has 0 saturated heterocycles. The van der Waals surface area contributed by atoms with E-state index in [1.165, 1.54) is 6.07 Å². The molecule has 0 unspecified atom stereocenters. The molecule has 0 saturated carbocycles. The average Bonchev–Trinajstić information content (AvgIpc) is 2.88. The molecule has 8 heteroatoms. The van der Waals surface area contributed by atoms with Gasteiger partial charge < -0.3 is 14.6 Å². The predicted molar refractivity (Wildman–Crippen MR) is 70.4 cm³/mol. The molecular weight excluding hydrogens is 262 g/mol. The fourth-order valence-electron chi connectivity index (χ4n) is 2.34. The summed E-state index contributed by atoms with van der Waals surface area (Å²) >= 11 is 0. The first-order valence-corrected chi connectivity index (χ1v) is 6.37. The molecule has 2 heterocycles. The van der Waals surface area contributed by atoms with E-state index in [1.54, 1.807) is 12.4 Å². The van der Waals surface area contributed by atoms with Gasteiger partial charge >= 0.3 is 7.12 Å². The highest BCUT2D eigenvalue weighted by atomic mass is 19.1. The molecule has 0 atom stereocenters. The Hall–Kier alpha value is -1.77. The Balaban J connectivity index is 1.73. The summed E-state index contributed by atoms with van der Waals surface area (Å²) in [6.45, 7) is 2.68. The summed E-state index contributed by atoms with van der Waals surface area (Å²) in [5.74, 6) is 0.446. The largest absolute Gasteiger partial charge is 0.488 e. The number of benzene rings is 1. The Labute approximate surface area is 115 Å². The van der Waals surface area contributed by atoms with Gasteiger partial charge in [0.2, 0.25) is 0 Å². The zero-order valence-electron chi connectivity index (χ0n) is 10.8. The van der Waals surface area contributed by atoms with Gasteiger partial charge in [0.1, 0.15) is 18.0 Å². The molecule has 0 radical (unpaired) electrons. The maximum Gasteiger partial charge on any atom is 0.488 e. The molecule has 104 valence electrons. The standard InChI is InChI=1S/C12H14BFN4O2/c14-11-5-10(13(19)20)2-1-9(11)6-17-3-4-18-8-15-16-12(18)7-17/h1-2,5,8,19-20H,3-4,6-7H2. The summed E-state index contributed by atoms with van der Waals surface area (Å²) in [7, 11) is -1.65. The van der Waals surface area contributed by atoms with Crippen molar-refractivity contribution in [3.05, 3.63) is 41.7 Å². The summed E-state index contributed by atoms with van der Waals surface area (Å²) in [6, 6.07) is 4.27. The smallest absolute Gasteiger partial charge is 0.423 e. The molecule has 0 amide bonds. The van der Waals surface area contributed by atoms with Crippen LogP contribution in [-0.2, 0) is 19.6 Å². The van der Waals surface area contributed by atoms with Crippen molar-refractivity contribution in [2.45, 2.75) is 19.6 Å². The van der Waals surface area contributed by atoms with Gasteiger partial charge in [-0.05, 0) is 11.5 Å². The minimum Gasteiger partial charge on any atom is -0.423 e. The lowest BCUT2D eigenvalue weighted by atomic mass is 9.80. The quantitative estimate of drug-likeness (QED) is 0.712. The lowest BCUT2D eigenvalue weighted by Gasteiger charge is -2.27. The number of aromatic nitrogens is 3. The van der Waals surface area contributed by atoms with Gasteiger partial charge in [-0.2, -0.15) is 0 Å². The van der Waals surface area contributed by atoms with Crippen LogP contribution in [-0.4, -0.2) is 43.4 Å². The Morgan fingerprint density at radius 2 is 2.15 bits per heavy atom. The van der Waals surface area contributed by atoms with E-state index < -0.39 is 12.9 Å². The van der Waals surface area contributed by atoms with E-state index in [1.807, 2.05) is 4.57 Å². The number of halogens is 1. The van der Waals surface area contributed by atoms with Gasteiger partial charge in [-0.1, -0.05) is 12.1 Å². The van der Waals surface area contributed by atoms with Crippen molar-refractivity contribution in [2.75, 3.05) is 6.54 Å². The lowest BCUT2D eigenvalue weighted by Crippen LogP contribution is -2.34. The second kappa shape index (κ2) is 5.32. The summed E-state index contributed by atoms with van der Waals surface area (Å²) in [5, 5.41) is 25.9. The van der Waals surface area contributed by atoms with Crippen molar-refractivity contribution in [2.24, 2.45) is 0 Å². The maximum absolute atomic E-state index is 13.9. The number of hydrogen-bond donors (Lipinski definition) is 2. The molecule has 0 spiro atoms. The van der Waals surface area contributed by atoms with Crippen LogP contribution in [0.25, 0.3) is 0 Å². The van der Waals surface area contributed by atoms with E-state index in [-0.39, 0.29) is 5.46 Å². The molecule has 0 bridgehead atoms.